The molecule has 0 bridgehead atoms. The molecule has 0 aliphatic carbocycles. The van der Waals surface area contributed by atoms with Gasteiger partial charge in [-0.2, -0.15) is 0 Å². The number of nitrogens with two attached hydrogens (primary N) is 2. The van der Waals surface area contributed by atoms with Crippen molar-refractivity contribution >= 4 is 57.5 Å². The number of nitrogens with one attached hydrogen (secondary N) is 2. The number of nitrogens with zero attached hydrogens (tertiary/aromatic N) is 2. The lowest BCUT2D eigenvalue weighted by atomic mass is 10.0. The van der Waals surface area contributed by atoms with Crippen LogP contribution in [0.25, 0.3) is 20.9 Å². The van der Waals surface area contributed by atoms with Crippen molar-refractivity contribution in [2.45, 2.75) is 25.5 Å². The van der Waals surface area contributed by atoms with Gasteiger partial charge in [-0.15, -0.1) is 22.7 Å². The topological polar surface area (TPSA) is 126 Å². The van der Waals surface area contributed by atoms with Gasteiger partial charge in [-0.25, -0.2) is 9.59 Å². The summed E-state index contributed by atoms with van der Waals surface area (Å²) in [4.78, 5) is 32.1. The molecule has 9 nitrogen and oxygen atoms in total. The molecule has 0 saturated carbocycles. The zero-order valence-electron chi connectivity index (χ0n) is 23.2. The van der Waals surface area contributed by atoms with Crippen molar-refractivity contribution in [1.29, 1.82) is 0 Å². The van der Waals surface area contributed by atoms with Crippen LogP contribution in [0.3, 0.4) is 0 Å². The Morgan fingerprint density at radius 2 is 1.59 bits per heavy atom. The number of hydrogen-bond acceptors (Lipinski definition) is 7. The predicted octanol–water partition coefficient (Wildman–Crippen LogP) is 6.79. The summed E-state index contributed by atoms with van der Waals surface area (Å²) in [6.07, 6.45) is 0.630. The molecule has 11 heteroatoms. The molecule has 6 N–H and O–H groups in total. The number of carbonyl (C=O) groups excluding carboxylic acids is 2. The number of benzene rings is 2. The number of nitrogen functional groups attached to an aromatic ring is 2. The molecule has 214 valence electrons. The number of likely N-dealkylation sites (N-methyl/N-ethyl adjacent to an activating group) is 1. The second-order valence-electron chi connectivity index (χ2n) is 10.00. The summed E-state index contributed by atoms with van der Waals surface area (Å²) in [5.74, 6) is 0. The molecular weight excluding hydrogens is 557 g/mol. The third-order valence-corrected chi connectivity index (χ3v) is 9.22. The Morgan fingerprint density at radius 3 is 2.17 bits per heavy atom. The van der Waals surface area contributed by atoms with Crippen molar-refractivity contribution < 1.29 is 14.3 Å². The number of anilines is 4. The Morgan fingerprint density at radius 1 is 0.927 bits per heavy atom. The minimum Gasteiger partial charge on any atom is -0.397 e. The Labute approximate surface area is 247 Å². The van der Waals surface area contributed by atoms with Crippen LogP contribution in [-0.2, 0) is 4.74 Å². The molecular formula is C30H34N6O3S2. The van der Waals surface area contributed by atoms with E-state index in [1.807, 2.05) is 66.9 Å². The van der Waals surface area contributed by atoms with Crippen LogP contribution in [0, 0.1) is 0 Å². The van der Waals surface area contributed by atoms with Gasteiger partial charge in [0.1, 0.15) is 6.10 Å². The van der Waals surface area contributed by atoms with E-state index in [0.29, 0.717) is 35.9 Å². The summed E-state index contributed by atoms with van der Waals surface area (Å²) in [6, 6.07) is 18.8. The van der Waals surface area contributed by atoms with E-state index in [4.69, 9.17) is 16.2 Å². The molecule has 2 aromatic carbocycles. The summed E-state index contributed by atoms with van der Waals surface area (Å²) in [5, 5.41) is 7.90. The van der Waals surface area contributed by atoms with Crippen LogP contribution >= 0.6 is 22.7 Å². The molecule has 2 unspecified atom stereocenters. The van der Waals surface area contributed by atoms with Gasteiger partial charge in [0.05, 0.1) is 35.4 Å². The molecule has 0 radical (unpaired) electrons. The van der Waals surface area contributed by atoms with E-state index in [0.717, 1.165) is 32.2 Å². The summed E-state index contributed by atoms with van der Waals surface area (Å²) in [5.41, 5.74) is 16.4. The SMILES string of the molecule is CCCN(C)C(=O)Nc1cc(-c2ccc(C3OCC3N(C)C(=O)Nc3cc(-c4cccs4)ccc3N)s2)ccc1N. The zero-order valence-corrected chi connectivity index (χ0v) is 24.9. The summed E-state index contributed by atoms with van der Waals surface area (Å²) < 4.78 is 5.92. The molecule has 4 amide bonds. The van der Waals surface area contributed by atoms with E-state index < -0.39 is 0 Å². The monoisotopic (exact) mass is 590 g/mol. The fourth-order valence-electron chi connectivity index (χ4n) is 4.61. The normalized spacial score (nSPS) is 16.1. The predicted molar refractivity (Wildman–Crippen MR) is 170 cm³/mol. The molecule has 0 spiro atoms. The summed E-state index contributed by atoms with van der Waals surface area (Å²) in [7, 11) is 3.53. The van der Waals surface area contributed by atoms with Gasteiger partial charge in [-0.05, 0) is 65.4 Å². The zero-order chi connectivity index (χ0) is 29.1. The third kappa shape index (κ3) is 6.17. The van der Waals surface area contributed by atoms with Crippen LogP contribution in [0.2, 0.25) is 0 Å². The van der Waals surface area contributed by atoms with Gasteiger partial charge in [0, 0.05) is 35.3 Å². The first-order valence-corrected chi connectivity index (χ1v) is 15.0. The second kappa shape index (κ2) is 12.2. The van der Waals surface area contributed by atoms with Gasteiger partial charge in [0.2, 0.25) is 0 Å². The molecule has 1 saturated heterocycles. The van der Waals surface area contributed by atoms with Crippen LogP contribution in [0.5, 0.6) is 0 Å². The Kier molecular flexibility index (Phi) is 8.48. The minimum absolute atomic E-state index is 0.126. The number of carbonyl (C=O) groups is 2. The van der Waals surface area contributed by atoms with E-state index >= 15 is 0 Å². The molecule has 1 fully saturated rings. The van der Waals surface area contributed by atoms with Crippen LogP contribution in [0.15, 0.2) is 66.0 Å². The highest BCUT2D eigenvalue weighted by molar-refractivity contribution is 7.15. The number of hydrogen-bond donors (Lipinski definition) is 4. The standard InChI is InChI=1S/C30H34N6O3S2/c1-4-13-35(2)29(37)33-22-16-19(8-10-20(22)31)26-11-12-27(41-26)28-24(17-39-28)36(3)30(38)34-23-15-18(7-9-21(23)32)25-6-5-14-40-25/h5-12,14-16,24,28H,4,13,17,31-32H2,1-3H3,(H,33,37)(H,34,38). The summed E-state index contributed by atoms with van der Waals surface area (Å²) >= 11 is 3.22. The van der Waals surface area contributed by atoms with Gasteiger partial charge in [0.25, 0.3) is 0 Å². The number of urea groups is 2. The van der Waals surface area contributed by atoms with Gasteiger partial charge < -0.3 is 36.6 Å². The lowest BCUT2D eigenvalue weighted by Crippen LogP contribution is -2.52. The Bertz CT molecular complexity index is 1540. The van der Waals surface area contributed by atoms with Gasteiger partial charge >= 0.3 is 12.1 Å². The van der Waals surface area contributed by atoms with Crippen molar-refractivity contribution in [3.05, 3.63) is 70.9 Å². The number of ether oxygens (including phenoxy) is 1. The maximum absolute atomic E-state index is 13.2. The van der Waals surface area contributed by atoms with Crippen LogP contribution < -0.4 is 22.1 Å². The molecule has 4 aromatic rings. The summed E-state index contributed by atoms with van der Waals surface area (Å²) in [6.45, 7) is 3.12. The Balaban J connectivity index is 1.26. The van der Waals surface area contributed by atoms with E-state index in [-0.39, 0.29) is 24.2 Å². The molecule has 5 rings (SSSR count). The minimum atomic E-state index is -0.248. The quantitative estimate of drug-likeness (QED) is 0.168. The average molecular weight is 591 g/mol. The largest absolute Gasteiger partial charge is 0.397 e. The first-order valence-electron chi connectivity index (χ1n) is 13.4. The number of rotatable bonds is 8. The van der Waals surface area contributed by atoms with Gasteiger partial charge in [0.15, 0.2) is 0 Å². The van der Waals surface area contributed by atoms with Crippen molar-refractivity contribution in [3.8, 4) is 20.9 Å². The van der Waals surface area contributed by atoms with Crippen molar-refractivity contribution in [2.75, 3.05) is 49.3 Å². The molecule has 3 heterocycles. The third-order valence-electron chi connectivity index (χ3n) is 7.11. The maximum Gasteiger partial charge on any atom is 0.322 e. The molecule has 2 aromatic heterocycles. The molecule has 1 aliphatic rings. The van der Waals surface area contributed by atoms with Crippen LogP contribution in [-0.4, -0.2) is 55.2 Å². The lowest BCUT2D eigenvalue weighted by Gasteiger charge is -2.41. The Hall–Kier alpha value is -4.06. The van der Waals surface area contributed by atoms with Gasteiger partial charge in [-0.3, -0.25) is 0 Å². The van der Waals surface area contributed by atoms with Crippen molar-refractivity contribution in [3.63, 3.8) is 0 Å². The number of thiophene rings is 2. The molecule has 2 atom stereocenters. The smallest absolute Gasteiger partial charge is 0.322 e. The second-order valence-corrected chi connectivity index (χ2v) is 12.1. The fraction of sp³-hybridized carbons (Fsp3) is 0.267. The van der Waals surface area contributed by atoms with Crippen LogP contribution in [0.4, 0.5) is 32.3 Å². The first kappa shape index (κ1) is 28.5. The molecule has 41 heavy (non-hydrogen) atoms. The van der Waals surface area contributed by atoms with E-state index in [1.54, 1.807) is 52.6 Å². The first-order chi connectivity index (χ1) is 19.7. The van der Waals surface area contributed by atoms with Crippen molar-refractivity contribution in [2.24, 2.45) is 0 Å². The van der Waals surface area contributed by atoms with Crippen molar-refractivity contribution in [1.82, 2.24) is 9.80 Å². The fourth-order valence-corrected chi connectivity index (χ4v) is 6.44. The lowest BCUT2D eigenvalue weighted by molar-refractivity contribution is -0.116. The van der Waals surface area contributed by atoms with Crippen LogP contribution in [0.1, 0.15) is 24.3 Å². The van der Waals surface area contributed by atoms with E-state index in [1.165, 1.54) is 0 Å². The highest BCUT2D eigenvalue weighted by atomic mass is 32.1. The number of amides is 4. The van der Waals surface area contributed by atoms with E-state index in [9.17, 15) is 9.59 Å². The molecule has 1 aliphatic heterocycles. The van der Waals surface area contributed by atoms with E-state index in [2.05, 4.69) is 10.6 Å². The van der Waals surface area contributed by atoms with Gasteiger partial charge in [-0.1, -0.05) is 25.1 Å². The average Bonchev–Trinajstić information content (AvgIpc) is 3.64. The highest BCUT2D eigenvalue weighted by Gasteiger charge is 2.39. The highest BCUT2D eigenvalue weighted by Crippen LogP contribution is 2.41. The maximum atomic E-state index is 13.2.